The first kappa shape index (κ1) is 16.3. The van der Waals surface area contributed by atoms with Crippen molar-refractivity contribution in [3.63, 3.8) is 0 Å². The summed E-state index contributed by atoms with van der Waals surface area (Å²) in [5.74, 6) is -0.363. The van der Waals surface area contributed by atoms with Gasteiger partial charge >= 0.3 is 0 Å². The summed E-state index contributed by atoms with van der Waals surface area (Å²) in [6.45, 7) is 1.78. The van der Waals surface area contributed by atoms with Gasteiger partial charge < -0.3 is 4.42 Å². The van der Waals surface area contributed by atoms with Crippen molar-refractivity contribution in [3.05, 3.63) is 75.4 Å². The molecule has 3 aromatic rings. The summed E-state index contributed by atoms with van der Waals surface area (Å²) in [6, 6.07) is 9.56. The minimum Gasteiger partial charge on any atom is -0.465 e. The summed E-state index contributed by atoms with van der Waals surface area (Å²) in [6.07, 6.45) is 0.395. The van der Waals surface area contributed by atoms with Crippen LogP contribution in [0.25, 0.3) is 0 Å². The van der Waals surface area contributed by atoms with Gasteiger partial charge in [-0.15, -0.1) is 11.3 Å². The molecule has 4 nitrogen and oxygen atoms in total. The molecule has 6 heteroatoms. The highest BCUT2D eigenvalue weighted by atomic mass is 32.1. The van der Waals surface area contributed by atoms with Crippen LogP contribution in [0, 0.1) is 12.7 Å². The van der Waals surface area contributed by atoms with Crippen LogP contribution >= 0.6 is 11.3 Å². The molecule has 0 fully saturated rings. The number of carbonyl (C=O) groups excluding carboxylic acids is 2. The number of halogens is 1. The van der Waals surface area contributed by atoms with Gasteiger partial charge in [0.05, 0.1) is 11.4 Å². The average molecular weight is 343 g/mol. The normalized spacial score (nSPS) is 10.8. The van der Waals surface area contributed by atoms with Gasteiger partial charge in [0.2, 0.25) is 11.6 Å². The fraction of sp³-hybridized carbons (Fsp3) is 0.167. The van der Waals surface area contributed by atoms with Crippen molar-refractivity contribution in [1.82, 2.24) is 4.98 Å². The molecule has 0 aliphatic heterocycles. The van der Waals surface area contributed by atoms with Crippen LogP contribution in [0.4, 0.5) is 4.39 Å². The number of rotatable bonds is 6. The van der Waals surface area contributed by atoms with E-state index >= 15 is 0 Å². The van der Waals surface area contributed by atoms with Crippen LogP contribution in [0.5, 0.6) is 0 Å². The summed E-state index contributed by atoms with van der Waals surface area (Å²) in [7, 11) is 0. The molecule has 0 unspecified atom stereocenters. The van der Waals surface area contributed by atoms with Gasteiger partial charge in [-0.05, 0) is 36.8 Å². The molecule has 0 aliphatic carbocycles. The lowest BCUT2D eigenvalue weighted by molar-refractivity contribution is -0.114. The number of hydrogen-bond donors (Lipinski definition) is 0. The highest BCUT2D eigenvalue weighted by Crippen LogP contribution is 2.16. The number of aryl methyl sites for hydroxylation is 1. The van der Waals surface area contributed by atoms with Gasteiger partial charge in [-0.25, -0.2) is 9.37 Å². The van der Waals surface area contributed by atoms with Gasteiger partial charge in [-0.3, -0.25) is 9.59 Å². The highest BCUT2D eigenvalue weighted by Gasteiger charge is 2.20. The van der Waals surface area contributed by atoms with Gasteiger partial charge in [0.25, 0.3) is 0 Å². The number of thiazole rings is 1. The summed E-state index contributed by atoms with van der Waals surface area (Å²) in [4.78, 5) is 28.1. The van der Waals surface area contributed by atoms with Crippen molar-refractivity contribution in [2.75, 3.05) is 0 Å². The van der Waals surface area contributed by atoms with Gasteiger partial charge in [0, 0.05) is 11.8 Å². The predicted molar refractivity (Wildman–Crippen MR) is 87.8 cm³/mol. The number of aromatic nitrogens is 1. The first-order valence-electron chi connectivity index (χ1n) is 7.33. The third-order valence-electron chi connectivity index (χ3n) is 3.45. The standard InChI is InChI=1S/C18H14FNO3S/c1-11-20-16(10-24-11)18(22)17(21)9-15-7-6-14(23-15)8-12-2-4-13(19)5-3-12/h2-7,10H,8-9H2,1H3. The van der Waals surface area contributed by atoms with Crippen molar-refractivity contribution in [2.24, 2.45) is 0 Å². The van der Waals surface area contributed by atoms with Gasteiger partial charge in [-0.2, -0.15) is 0 Å². The molecule has 24 heavy (non-hydrogen) atoms. The largest absolute Gasteiger partial charge is 0.465 e. The van der Waals surface area contributed by atoms with E-state index in [2.05, 4.69) is 4.98 Å². The van der Waals surface area contributed by atoms with Crippen molar-refractivity contribution >= 4 is 22.9 Å². The number of hydrogen-bond acceptors (Lipinski definition) is 5. The molecule has 0 saturated carbocycles. The zero-order chi connectivity index (χ0) is 17.1. The van der Waals surface area contributed by atoms with E-state index in [1.165, 1.54) is 23.5 Å². The SMILES string of the molecule is Cc1nc(C(=O)C(=O)Cc2ccc(Cc3ccc(F)cc3)o2)cs1. The number of Topliss-reactive ketones (excluding diaryl/α,β-unsaturated/α-hetero) is 2. The number of carbonyl (C=O) groups is 2. The Bertz CT molecular complexity index is 880. The minimum atomic E-state index is -0.601. The van der Waals surface area contributed by atoms with E-state index in [0.29, 0.717) is 17.9 Å². The molecule has 2 aromatic heterocycles. The third-order valence-corrected chi connectivity index (χ3v) is 4.22. The summed E-state index contributed by atoms with van der Waals surface area (Å²) < 4.78 is 18.5. The van der Waals surface area contributed by atoms with E-state index in [-0.39, 0.29) is 17.9 Å². The smallest absolute Gasteiger partial charge is 0.248 e. The van der Waals surface area contributed by atoms with Gasteiger partial charge in [0.1, 0.15) is 23.0 Å². The molecule has 0 radical (unpaired) electrons. The Hall–Kier alpha value is -2.60. The molecule has 122 valence electrons. The van der Waals surface area contributed by atoms with E-state index in [4.69, 9.17) is 4.42 Å². The predicted octanol–water partition coefficient (Wildman–Crippen LogP) is 3.77. The number of benzene rings is 1. The summed E-state index contributed by atoms with van der Waals surface area (Å²) in [5.41, 5.74) is 1.08. The second-order valence-electron chi connectivity index (χ2n) is 5.35. The first-order chi connectivity index (χ1) is 11.5. The second kappa shape index (κ2) is 6.88. The maximum atomic E-state index is 12.9. The molecule has 0 spiro atoms. The molecule has 0 N–H and O–H groups in total. The van der Waals surface area contributed by atoms with Crippen molar-refractivity contribution in [3.8, 4) is 0 Å². The fourth-order valence-electron chi connectivity index (χ4n) is 2.26. The number of nitrogens with zero attached hydrogens (tertiary/aromatic N) is 1. The first-order valence-corrected chi connectivity index (χ1v) is 8.21. The Morgan fingerprint density at radius 3 is 2.50 bits per heavy atom. The number of furan rings is 1. The Labute approximate surface area is 142 Å². The fourth-order valence-corrected chi connectivity index (χ4v) is 2.86. The van der Waals surface area contributed by atoms with Gasteiger partial charge in [0.15, 0.2) is 0 Å². The van der Waals surface area contributed by atoms with Crippen LogP contribution in [0.2, 0.25) is 0 Å². The molecule has 0 aliphatic rings. The highest BCUT2D eigenvalue weighted by molar-refractivity contribution is 7.09. The quantitative estimate of drug-likeness (QED) is 0.505. The van der Waals surface area contributed by atoms with Gasteiger partial charge in [-0.1, -0.05) is 12.1 Å². The van der Waals surface area contributed by atoms with Crippen LogP contribution in [0.15, 0.2) is 46.2 Å². The van der Waals surface area contributed by atoms with E-state index in [9.17, 15) is 14.0 Å². The van der Waals surface area contributed by atoms with E-state index in [1.54, 1.807) is 36.6 Å². The summed E-state index contributed by atoms with van der Waals surface area (Å²) >= 11 is 1.33. The lowest BCUT2D eigenvalue weighted by atomic mass is 10.1. The molecule has 0 atom stereocenters. The third kappa shape index (κ3) is 3.83. The Morgan fingerprint density at radius 1 is 1.12 bits per heavy atom. The Morgan fingerprint density at radius 2 is 1.83 bits per heavy atom. The maximum absolute atomic E-state index is 12.9. The topological polar surface area (TPSA) is 60.2 Å². The number of ketones is 2. The van der Waals surface area contributed by atoms with Crippen LogP contribution < -0.4 is 0 Å². The molecule has 0 amide bonds. The minimum absolute atomic E-state index is 0.0984. The molecular formula is C18H14FNO3S. The lowest BCUT2D eigenvalue weighted by Crippen LogP contribution is -2.16. The van der Waals surface area contributed by atoms with E-state index in [1.807, 2.05) is 0 Å². The zero-order valence-electron chi connectivity index (χ0n) is 12.9. The van der Waals surface area contributed by atoms with Crippen LogP contribution in [0.3, 0.4) is 0 Å². The monoisotopic (exact) mass is 343 g/mol. The van der Waals surface area contributed by atoms with E-state index in [0.717, 1.165) is 10.6 Å². The van der Waals surface area contributed by atoms with Crippen molar-refractivity contribution in [2.45, 2.75) is 19.8 Å². The van der Waals surface area contributed by atoms with Crippen LogP contribution in [-0.2, 0) is 17.6 Å². The molecule has 1 aromatic carbocycles. The zero-order valence-corrected chi connectivity index (χ0v) is 13.7. The Kier molecular flexibility index (Phi) is 4.66. The van der Waals surface area contributed by atoms with E-state index < -0.39 is 11.6 Å². The molecule has 3 rings (SSSR count). The van der Waals surface area contributed by atoms with Crippen molar-refractivity contribution in [1.29, 1.82) is 0 Å². The molecule has 0 saturated heterocycles. The molecular weight excluding hydrogens is 329 g/mol. The van der Waals surface area contributed by atoms with Crippen molar-refractivity contribution < 1.29 is 18.4 Å². The van der Waals surface area contributed by atoms with Crippen LogP contribution in [-0.4, -0.2) is 16.6 Å². The van der Waals surface area contributed by atoms with Crippen LogP contribution in [0.1, 0.15) is 32.6 Å². The second-order valence-corrected chi connectivity index (χ2v) is 6.41. The molecule has 2 heterocycles. The maximum Gasteiger partial charge on any atom is 0.248 e. The Balaban J connectivity index is 1.64. The average Bonchev–Trinajstić information content (AvgIpc) is 3.18. The lowest BCUT2D eigenvalue weighted by Gasteiger charge is -1.99. The summed E-state index contributed by atoms with van der Waals surface area (Å²) in [5, 5.41) is 2.32. The molecule has 0 bridgehead atoms.